The zero-order valence-corrected chi connectivity index (χ0v) is 14.2. The lowest BCUT2D eigenvalue weighted by molar-refractivity contribution is -0.144. The summed E-state index contributed by atoms with van der Waals surface area (Å²) in [4.78, 5) is 15.0. The van der Waals surface area contributed by atoms with Crippen LogP contribution in [0, 0.1) is 6.92 Å². The Bertz CT molecular complexity index is 928. The van der Waals surface area contributed by atoms with Crippen molar-refractivity contribution in [1.82, 2.24) is 19.5 Å². The normalized spacial score (nSPS) is 16.2. The number of H-pyrrole nitrogens is 1. The van der Waals surface area contributed by atoms with Crippen LogP contribution in [0.4, 0.5) is 19.1 Å². The summed E-state index contributed by atoms with van der Waals surface area (Å²) < 4.78 is 68.9. The number of anilines is 1. The first-order valence-corrected chi connectivity index (χ1v) is 8.94. The second-order valence-corrected chi connectivity index (χ2v) is 7.51. The van der Waals surface area contributed by atoms with E-state index in [0.29, 0.717) is 13.1 Å². The molecule has 0 atom stereocenters. The van der Waals surface area contributed by atoms with Crippen LogP contribution in [0.25, 0.3) is 0 Å². The molecule has 3 rings (SSSR count). The number of nitrogens with one attached hydrogen (secondary N) is 2. The van der Waals surface area contributed by atoms with Crippen LogP contribution in [0.2, 0.25) is 0 Å². The molecule has 0 aromatic carbocycles. The highest BCUT2D eigenvalue weighted by Gasteiger charge is 2.36. The van der Waals surface area contributed by atoms with Gasteiger partial charge in [-0.2, -0.15) is 22.5 Å². The van der Waals surface area contributed by atoms with E-state index in [2.05, 4.69) is 10.1 Å². The number of halogens is 3. The number of rotatable bonds is 4. The van der Waals surface area contributed by atoms with Crippen molar-refractivity contribution in [2.45, 2.75) is 30.8 Å². The molecule has 0 spiro atoms. The zero-order chi connectivity index (χ0) is 19.1. The Balaban J connectivity index is 1.80. The van der Waals surface area contributed by atoms with Crippen molar-refractivity contribution in [2.75, 3.05) is 18.4 Å². The van der Waals surface area contributed by atoms with Crippen molar-refractivity contribution in [3.63, 3.8) is 0 Å². The van der Waals surface area contributed by atoms with Crippen molar-refractivity contribution in [2.24, 2.45) is 0 Å². The number of carbonyl (C=O) groups is 1. The highest BCUT2D eigenvalue weighted by molar-refractivity contribution is 7.89. The molecule has 1 aliphatic rings. The van der Waals surface area contributed by atoms with Crippen molar-refractivity contribution >= 4 is 21.9 Å². The SMILES string of the molecule is Cc1oc(C(=O)Nc2n[nH]c(C(F)(F)F)n2)cc1S(=O)(=O)N1CCCC1. The van der Waals surface area contributed by atoms with Gasteiger partial charge in [0.2, 0.25) is 21.8 Å². The summed E-state index contributed by atoms with van der Waals surface area (Å²) in [5, 5.41) is 6.90. The van der Waals surface area contributed by atoms with Gasteiger partial charge in [-0.1, -0.05) is 0 Å². The van der Waals surface area contributed by atoms with Gasteiger partial charge in [0.1, 0.15) is 10.7 Å². The minimum absolute atomic E-state index is 0.00742. The molecule has 26 heavy (non-hydrogen) atoms. The van der Waals surface area contributed by atoms with Crippen LogP contribution in [-0.2, 0) is 16.2 Å². The van der Waals surface area contributed by atoms with E-state index >= 15 is 0 Å². The molecule has 1 amide bonds. The van der Waals surface area contributed by atoms with E-state index in [1.54, 1.807) is 5.10 Å². The molecule has 142 valence electrons. The summed E-state index contributed by atoms with van der Waals surface area (Å²) in [6, 6.07) is 1.04. The van der Waals surface area contributed by atoms with Crippen LogP contribution >= 0.6 is 0 Å². The third-order valence-corrected chi connectivity index (χ3v) is 5.76. The van der Waals surface area contributed by atoms with Crippen LogP contribution in [-0.4, -0.2) is 46.9 Å². The Labute approximate surface area is 145 Å². The molecular weight excluding hydrogens is 379 g/mol. The van der Waals surface area contributed by atoms with Gasteiger partial charge in [0.25, 0.3) is 5.91 Å². The Kier molecular flexibility index (Phi) is 4.52. The number of aromatic amines is 1. The molecule has 1 saturated heterocycles. The molecular formula is C13H14F3N5O4S. The lowest BCUT2D eigenvalue weighted by atomic mass is 10.4. The average molecular weight is 393 g/mol. The van der Waals surface area contributed by atoms with E-state index in [1.165, 1.54) is 11.2 Å². The number of alkyl halides is 3. The molecule has 2 aromatic heterocycles. The monoisotopic (exact) mass is 393 g/mol. The summed E-state index contributed by atoms with van der Waals surface area (Å²) in [5.74, 6) is -3.32. The fraction of sp³-hybridized carbons (Fsp3) is 0.462. The maximum Gasteiger partial charge on any atom is 0.451 e. The van der Waals surface area contributed by atoms with Gasteiger partial charge in [-0.15, -0.1) is 5.10 Å². The van der Waals surface area contributed by atoms with E-state index in [1.807, 2.05) is 5.32 Å². The lowest BCUT2D eigenvalue weighted by Gasteiger charge is -2.14. The quantitative estimate of drug-likeness (QED) is 0.816. The second kappa shape index (κ2) is 6.39. The number of sulfonamides is 1. The fourth-order valence-electron chi connectivity index (χ4n) is 2.51. The predicted molar refractivity (Wildman–Crippen MR) is 80.8 cm³/mol. The average Bonchev–Trinajstić information content (AvgIpc) is 3.26. The largest absolute Gasteiger partial charge is 0.455 e. The number of nitrogens with zero attached hydrogens (tertiary/aromatic N) is 3. The number of carbonyl (C=O) groups excluding carboxylic acids is 1. The van der Waals surface area contributed by atoms with E-state index in [0.717, 1.165) is 18.9 Å². The highest BCUT2D eigenvalue weighted by atomic mass is 32.2. The number of aromatic nitrogens is 3. The Hall–Kier alpha value is -2.41. The van der Waals surface area contributed by atoms with Crippen LogP contribution in [0.3, 0.4) is 0 Å². The molecule has 13 heteroatoms. The molecule has 0 radical (unpaired) electrons. The third-order valence-electron chi connectivity index (χ3n) is 3.76. The second-order valence-electron chi connectivity index (χ2n) is 5.60. The lowest BCUT2D eigenvalue weighted by Crippen LogP contribution is -2.28. The molecule has 1 fully saturated rings. The maximum absolute atomic E-state index is 12.5. The minimum atomic E-state index is -4.74. The first kappa shape index (κ1) is 18.4. The number of hydrogen-bond acceptors (Lipinski definition) is 6. The number of hydrogen-bond donors (Lipinski definition) is 2. The van der Waals surface area contributed by atoms with E-state index in [-0.39, 0.29) is 16.4 Å². The Morgan fingerprint density at radius 3 is 2.58 bits per heavy atom. The van der Waals surface area contributed by atoms with Crippen LogP contribution < -0.4 is 5.32 Å². The molecule has 0 unspecified atom stereocenters. The number of aryl methyl sites for hydroxylation is 1. The Morgan fingerprint density at radius 2 is 2.00 bits per heavy atom. The summed E-state index contributed by atoms with van der Waals surface area (Å²) in [7, 11) is -3.80. The third kappa shape index (κ3) is 3.44. The fourth-order valence-corrected chi connectivity index (χ4v) is 4.19. The van der Waals surface area contributed by atoms with Crippen molar-refractivity contribution in [3.8, 4) is 0 Å². The summed E-state index contributed by atoms with van der Waals surface area (Å²) in [6.07, 6.45) is -3.25. The van der Waals surface area contributed by atoms with Gasteiger partial charge in [-0.05, 0) is 19.8 Å². The van der Waals surface area contributed by atoms with Crippen LogP contribution in [0.15, 0.2) is 15.4 Å². The smallest absolute Gasteiger partial charge is 0.451 e. The van der Waals surface area contributed by atoms with Gasteiger partial charge in [-0.25, -0.2) is 8.42 Å². The van der Waals surface area contributed by atoms with Crippen molar-refractivity contribution < 1.29 is 30.8 Å². The maximum atomic E-state index is 12.5. The predicted octanol–water partition coefficient (Wildman–Crippen LogP) is 1.76. The summed E-state index contributed by atoms with van der Waals surface area (Å²) in [6.45, 7) is 2.14. The van der Waals surface area contributed by atoms with E-state index in [9.17, 15) is 26.4 Å². The zero-order valence-electron chi connectivity index (χ0n) is 13.4. The van der Waals surface area contributed by atoms with Crippen LogP contribution in [0.1, 0.15) is 35.0 Å². The van der Waals surface area contributed by atoms with Gasteiger partial charge in [0, 0.05) is 19.2 Å². The molecule has 0 aliphatic carbocycles. The Morgan fingerprint density at radius 1 is 1.35 bits per heavy atom. The van der Waals surface area contributed by atoms with Gasteiger partial charge in [0.15, 0.2) is 5.76 Å². The summed E-state index contributed by atoms with van der Waals surface area (Å²) >= 11 is 0. The molecule has 3 heterocycles. The first-order chi connectivity index (χ1) is 12.1. The summed E-state index contributed by atoms with van der Waals surface area (Å²) in [5.41, 5.74) is 0. The van der Waals surface area contributed by atoms with Crippen LogP contribution in [0.5, 0.6) is 0 Å². The number of furan rings is 1. The number of amides is 1. The first-order valence-electron chi connectivity index (χ1n) is 7.50. The molecule has 2 aromatic rings. The highest BCUT2D eigenvalue weighted by Crippen LogP contribution is 2.28. The molecule has 0 saturated carbocycles. The van der Waals surface area contributed by atoms with Crippen molar-refractivity contribution in [1.29, 1.82) is 0 Å². The molecule has 2 N–H and O–H groups in total. The molecule has 9 nitrogen and oxygen atoms in total. The van der Waals surface area contributed by atoms with E-state index in [4.69, 9.17) is 4.42 Å². The van der Waals surface area contributed by atoms with Crippen molar-refractivity contribution in [3.05, 3.63) is 23.4 Å². The van der Waals surface area contributed by atoms with E-state index < -0.39 is 33.9 Å². The topological polar surface area (TPSA) is 121 Å². The molecule has 0 bridgehead atoms. The molecule has 1 aliphatic heterocycles. The van der Waals surface area contributed by atoms with Gasteiger partial charge >= 0.3 is 6.18 Å². The van der Waals surface area contributed by atoms with Gasteiger partial charge in [-0.3, -0.25) is 15.2 Å². The standard InChI is InChI=1S/C13H14F3N5O4S/c1-7-9(26(23,24)21-4-2-3-5-21)6-8(25-7)10(22)17-12-18-11(19-20-12)13(14,15)16/h6H,2-5H2,1H3,(H2,17,18,19,20,22). The van der Waals surface area contributed by atoms with Gasteiger partial charge < -0.3 is 4.42 Å². The minimum Gasteiger partial charge on any atom is -0.455 e. The van der Waals surface area contributed by atoms with Gasteiger partial charge in [0.05, 0.1) is 0 Å².